The van der Waals surface area contributed by atoms with Crippen molar-refractivity contribution in [2.24, 2.45) is 7.05 Å². The highest BCUT2D eigenvalue weighted by molar-refractivity contribution is 6.29. The number of imidazole rings is 1. The predicted octanol–water partition coefficient (Wildman–Crippen LogP) is 4.00. The quantitative estimate of drug-likeness (QED) is 0.475. The number of pyridine rings is 2. The van der Waals surface area contributed by atoms with Crippen LogP contribution in [0.4, 0.5) is 26.4 Å². The summed E-state index contributed by atoms with van der Waals surface area (Å²) >= 11 is 6.00. The van der Waals surface area contributed by atoms with E-state index in [9.17, 15) is 8.78 Å². The lowest BCUT2D eigenvalue weighted by Gasteiger charge is -2.15. The molecule has 0 amide bonds. The third kappa shape index (κ3) is 4.06. The summed E-state index contributed by atoms with van der Waals surface area (Å²) in [5.74, 6) is -0.323. The third-order valence-corrected chi connectivity index (χ3v) is 4.28. The minimum atomic E-state index is -0.765. The van der Waals surface area contributed by atoms with Gasteiger partial charge in [0.1, 0.15) is 28.4 Å². The van der Waals surface area contributed by atoms with Gasteiger partial charge in [-0.25, -0.2) is 18.7 Å². The van der Waals surface area contributed by atoms with E-state index in [2.05, 4.69) is 35.6 Å². The van der Waals surface area contributed by atoms with E-state index in [1.54, 1.807) is 36.1 Å². The van der Waals surface area contributed by atoms with Gasteiger partial charge in [0.05, 0.1) is 29.6 Å². The summed E-state index contributed by atoms with van der Waals surface area (Å²) in [6, 6.07) is 3.52. The Bertz CT molecular complexity index is 1200. The maximum Gasteiger partial charge on any atom is 0.227 e. The van der Waals surface area contributed by atoms with E-state index in [0.29, 0.717) is 22.7 Å². The molecule has 11 heteroatoms. The highest BCUT2D eigenvalue weighted by atomic mass is 35.5. The Morgan fingerprint density at radius 3 is 2.69 bits per heavy atom. The number of rotatable bonds is 5. The molecule has 0 aliphatic carbocycles. The van der Waals surface area contributed by atoms with Crippen molar-refractivity contribution in [3.8, 4) is 0 Å². The monoisotopic (exact) mass is 416 g/mol. The van der Waals surface area contributed by atoms with Crippen LogP contribution >= 0.6 is 11.6 Å². The Morgan fingerprint density at radius 2 is 1.97 bits per heavy atom. The minimum absolute atomic E-state index is 0.0355. The standard InChI is InChI=1S/C18H15ClF2N8/c1-9(15-12(21)5-10(20)6-22-15)24-18-27-16-11(3-4-13(19)25-16)17(28-18)26-14-7-29(2)8-23-14/h3-9H,1-2H3,(H2,24,25,26,27,28)/t9-/m0/s1. The summed E-state index contributed by atoms with van der Waals surface area (Å²) in [5.41, 5.74) is 0.376. The van der Waals surface area contributed by atoms with Crippen LogP contribution in [0.25, 0.3) is 11.0 Å². The Balaban J connectivity index is 1.71. The molecule has 0 radical (unpaired) electrons. The first-order valence-corrected chi connectivity index (χ1v) is 8.93. The van der Waals surface area contributed by atoms with Gasteiger partial charge in [-0.15, -0.1) is 0 Å². The number of nitrogens with one attached hydrogen (secondary N) is 2. The Labute approximate surface area is 169 Å². The molecular formula is C18H15ClF2N8. The van der Waals surface area contributed by atoms with Crippen LogP contribution in [0.5, 0.6) is 0 Å². The molecule has 0 bridgehead atoms. The molecule has 0 unspecified atom stereocenters. The summed E-state index contributed by atoms with van der Waals surface area (Å²) in [6.45, 7) is 1.66. The molecule has 4 rings (SSSR count). The average Bonchev–Trinajstić information content (AvgIpc) is 3.06. The molecule has 4 aromatic rings. The number of hydrogen-bond donors (Lipinski definition) is 2. The maximum absolute atomic E-state index is 14.0. The Morgan fingerprint density at radius 1 is 1.14 bits per heavy atom. The summed E-state index contributed by atoms with van der Waals surface area (Å²) < 4.78 is 29.0. The fourth-order valence-electron chi connectivity index (χ4n) is 2.75. The van der Waals surface area contributed by atoms with Crippen molar-refractivity contribution in [3.05, 3.63) is 59.4 Å². The molecule has 4 heterocycles. The molecule has 0 aromatic carbocycles. The van der Waals surface area contributed by atoms with Gasteiger partial charge < -0.3 is 15.2 Å². The van der Waals surface area contributed by atoms with Gasteiger partial charge in [0.25, 0.3) is 0 Å². The van der Waals surface area contributed by atoms with Crippen LogP contribution in [0.15, 0.2) is 36.9 Å². The summed E-state index contributed by atoms with van der Waals surface area (Å²) in [6.07, 6.45) is 4.38. The lowest BCUT2D eigenvalue weighted by atomic mass is 10.2. The predicted molar refractivity (Wildman–Crippen MR) is 105 cm³/mol. The molecule has 1 atom stereocenters. The molecule has 0 aliphatic heterocycles. The van der Waals surface area contributed by atoms with Crippen molar-refractivity contribution >= 4 is 40.2 Å². The number of aryl methyl sites for hydroxylation is 1. The first kappa shape index (κ1) is 18.9. The van der Waals surface area contributed by atoms with Gasteiger partial charge in [-0.3, -0.25) is 4.98 Å². The largest absolute Gasteiger partial charge is 0.346 e. The van der Waals surface area contributed by atoms with Crippen LogP contribution < -0.4 is 10.6 Å². The number of nitrogens with zero attached hydrogens (tertiary/aromatic N) is 6. The lowest BCUT2D eigenvalue weighted by molar-refractivity contribution is 0.550. The van der Waals surface area contributed by atoms with Gasteiger partial charge in [0, 0.05) is 19.3 Å². The molecule has 29 heavy (non-hydrogen) atoms. The fourth-order valence-corrected chi connectivity index (χ4v) is 2.89. The van der Waals surface area contributed by atoms with E-state index in [4.69, 9.17) is 11.6 Å². The summed E-state index contributed by atoms with van der Waals surface area (Å²) in [5, 5.41) is 6.98. The second-order valence-electron chi connectivity index (χ2n) is 6.34. The minimum Gasteiger partial charge on any atom is -0.346 e. The van der Waals surface area contributed by atoms with E-state index in [-0.39, 0.29) is 16.8 Å². The lowest BCUT2D eigenvalue weighted by Crippen LogP contribution is -2.14. The summed E-state index contributed by atoms with van der Waals surface area (Å²) in [4.78, 5) is 21.1. The van der Waals surface area contributed by atoms with Gasteiger partial charge in [-0.2, -0.15) is 9.97 Å². The van der Waals surface area contributed by atoms with Crippen LogP contribution in [-0.4, -0.2) is 29.5 Å². The first-order valence-electron chi connectivity index (χ1n) is 8.56. The molecule has 2 N–H and O–H groups in total. The first-order chi connectivity index (χ1) is 13.9. The Hall–Kier alpha value is -3.40. The van der Waals surface area contributed by atoms with Crippen LogP contribution in [0.2, 0.25) is 5.15 Å². The van der Waals surface area contributed by atoms with E-state index >= 15 is 0 Å². The van der Waals surface area contributed by atoms with Gasteiger partial charge in [0.15, 0.2) is 5.65 Å². The Kier molecular flexibility index (Phi) is 4.93. The van der Waals surface area contributed by atoms with Crippen LogP contribution in [0, 0.1) is 11.6 Å². The average molecular weight is 417 g/mol. The van der Waals surface area contributed by atoms with Crippen molar-refractivity contribution in [2.45, 2.75) is 13.0 Å². The zero-order valence-corrected chi connectivity index (χ0v) is 16.1. The fraction of sp³-hybridized carbons (Fsp3) is 0.167. The van der Waals surface area contributed by atoms with Gasteiger partial charge in [-0.05, 0) is 19.1 Å². The molecular weight excluding hydrogens is 402 g/mol. The van der Waals surface area contributed by atoms with E-state index in [1.807, 2.05) is 7.05 Å². The zero-order valence-electron chi connectivity index (χ0n) is 15.4. The van der Waals surface area contributed by atoms with Crippen molar-refractivity contribution < 1.29 is 8.78 Å². The van der Waals surface area contributed by atoms with Crippen molar-refractivity contribution in [1.29, 1.82) is 0 Å². The van der Waals surface area contributed by atoms with Crippen LogP contribution in [-0.2, 0) is 7.05 Å². The molecule has 0 fully saturated rings. The number of hydrogen-bond acceptors (Lipinski definition) is 7. The number of anilines is 3. The normalized spacial score (nSPS) is 12.2. The second kappa shape index (κ2) is 7.55. The van der Waals surface area contributed by atoms with Gasteiger partial charge >= 0.3 is 0 Å². The highest BCUT2D eigenvalue weighted by Crippen LogP contribution is 2.26. The molecule has 4 aromatic heterocycles. The number of fused-ring (bicyclic) bond motifs is 1. The smallest absolute Gasteiger partial charge is 0.227 e. The zero-order chi connectivity index (χ0) is 20.5. The topological polar surface area (TPSA) is 93.4 Å². The third-order valence-electron chi connectivity index (χ3n) is 4.07. The molecule has 0 saturated carbocycles. The molecule has 0 aliphatic rings. The van der Waals surface area contributed by atoms with Crippen molar-refractivity contribution in [2.75, 3.05) is 10.6 Å². The van der Waals surface area contributed by atoms with Crippen molar-refractivity contribution in [1.82, 2.24) is 29.5 Å². The molecule has 148 valence electrons. The van der Waals surface area contributed by atoms with Crippen LogP contribution in [0.3, 0.4) is 0 Å². The maximum atomic E-state index is 14.0. The number of aromatic nitrogens is 6. The molecule has 8 nitrogen and oxygen atoms in total. The SMILES string of the molecule is C[C@H](Nc1nc(Nc2cn(C)cn2)c2ccc(Cl)nc2n1)c1ncc(F)cc1F. The van der Waals surface area contributed by atoms with Gasteiger partial charge in [-0.1, -0.05) is 11.6 Å². The molecule has 0 spiro atoms. The van der Waals surface area contributed by atoms with Gasteiger partial charge in [0.2, 0.25) is 5.95 Å². The highest BCUT2D eigenvalue weighted by Gasteiger charge is 2.17. The van der Waals surface area contributed by atoms with E-state index in [0.717, 1.165) is 12.3 Å². The van der Waals surface area contributed by atoms with Crippen molar-refractivity contribution in [3.63, 3.8) is 0 Å². The molecule has 0 saturated heterocycles. The van der Waals surface area contributed by atoms with E-state index < -0.39 is 17.7 Å². The number of halogens is 3. The van der Waals surface area contributed by atoms with Crippen LogP contribution in [0.1, 0.15) is 18.7 Å². The van der Waals surface area contributed by atoms with E-state index in [1.165, 1.54) is 0 Å². The second-order valence-corrected chi connectivity index (χ2v) is 6.72. The summed E-state index contributed by atoms with van der Waals surface area (Å²) in [7, 11) is 1.84.